The molecule has 3 N–H and O–H groups in total. The lowest BCUT2D eigenvalue weighted by atomic mass is 10.0. The van der Waals surface area contributed by atoms with Gasteiger partial charge in [-0.3, -0.25) is 19.3 Å². The molecule has 8 nitrogen and oxygen atoms in total. The number of benzene rings is 1. The van der Waals surface area contributed by atoms with Gasteiger partial charge in [0.15, 0.2) is 5.70 Å². The molecular weight excluding hydrogens is 382 g/mol. The molecule has 26 heavy (non-hydrogen) atoms. The molecule has 0 radical (unpaired) electrons. The smallest absolute Gasteiger partial charge is 0.354 e. The summed E-state index contributed by atoms with van der Waals surface area (Å²) >= 11 is 6.68. The van der Waals surface area contributed by atoms with Crippen molar-refractivity contribution in [1.29, 1.82) is 0 Å². The van der Waals surface area contributed by atoms with Crippen molar-refractivity contribution in [1.82, 2.24) is 15.5 Å². The summed E-state index contributed by atoms with van der Waals surface area (Å²) in [6.45, 7) is 0. The number of hydrogen-bond donors (Lipinski definition) is 3. The maximum absolute atomic E-state index is 12.3. The molecule has 1 fully saturated rings. The zero-order valence-corrected chi connectivity index (χ0v) is 14.8. The van der Waals surface area contributed by atoms with Gasteiger partial charge in [-0.25, -0.2) is 4.79 Å². The van der Waals surface area contributed by atoms with Gasteiger partial charge < -0.3 is 15.7 Å². The van der Waals surface area contributed by atoms with E-state index < -0.39 is 35.1 Å². The maximum Gasteiger partial charge on any atom is 0.354 e. The fraction of sp³-hybridized carbons (Fsp3) is 0.250. The lowest BCUT2D eigenvalue weighted by molar-refractivity contribution is -0.150. The third kappa shape index (κ3) is 3.27. The monoisotopic (exact) mass is 395 g/mol. The maximum atomic E-state index is 12.3. The number of carbonyl (C=O) groups is 4. The Bertz CT molecular complexity index is 813. The number of nitrogens with zero attached hydrogens (tertiary/aromatic N) is 1. The molecule has 0 bridgehead atoms. The highest BCUT2D eigenvalue weighted by atomic mass is 35.5. The lowest BCUT2D eigenvalue weighted by Gasteiger charge is -2.49. The molecule has 1 unspecified atom stereocenters. The predicted octanol–water partition coefficient (Wildman–Crippen LogP) is 0.351. The second-order valence-corrected chi connectivity index (χ2v) is 6.91. The molecule has 10 heteroatoms. The van der Waals surface area contributed by atoms with Crippen molar-refractivity contribution in [2.24, 2.45) is 0 Å². The summed E-state index contributed by atoms with van der Waals surface area (Å²) in [6, 6.07) is 7.51. The highest BCUT2D eigenvalue weighted by molar-refractivity contribution is 8.00. The van der Waals surface area contributed by atoms with Gasteiger partial charge in [0.2, 0.25) is 5.91 Å². The third-order valence-corrected chi connectivity index (χ3v) is 5.43. The van der Waals surface area contributed by atoms with Crippen molar-refractivity contribution in [2.75, 3.05) is 11.6 Å². The number of carboxylic acid groups (broad SMARTS) is 1. The SMILES string of the molecule is O=C(CCl)NC1C(=O)N2C(C(=O)O)=C(NC(=O)c3ccccc3)CS[C@@H]12. The van der Waals surface area contributed by atoms with Crippen LogP contribution < -0.4 is 10.6 Å². The van der Waals surface area contributed by atoms with Crippen molar-refractivity contribution >= 4 is 47.1 Å². The molecule has 1 aromatic carbocycles. The van der Waals surface area contributed by atoms with E-state index in [0.29, 0.717) is 5.56 Å². The van der Waals surface area contributed by atoms with Crippen LogP contribution in [0.3, 0.4) is 0 Å². The van der Waals surface area contributed by atoms with Crippen LogP contribution in [0.1, 0.15) is 10.4 Å². The molecule has 0 aliphatic carbocycles. The number of amides is 3. The minimum atomic E-state index is -1.32. The van der Waals surface area contributed by atoms with Gasteiger partial charge in [0.05, 0.1) is 5.70 Å². The summed E-state index contributed by atoms with van der Waals surface area (Å²) in [7, 11) is 0. The topological polar surface area (TPSA) is 116 Å². The van der Waals surface area contributed by atoms with Crippen LogP contribution in [0.2, 0.25) is 0 Å². The Morgan fingerprint density at radius 3 is 2.58 bits per heavy atom. The molecule has 1 aromatic rings. The number of aliphatic carboxylic acids is 1. The summed E-state index contributed by atoms with van der Waals surface area (Å²) in [5.41, 5.74) is 0.238. The summed E-state index contributed by atoms with van der Waals surface area (Å²) < 4.78 is 0. The van der Waals surface area contributed by atoms with E-state index in [9.17, 15) is 24.3 Å². The number of thioether (sulfide) groups is 1. The van der Waals surface area contributed by atoms with E-state index in [0.717, 1.165) is 4.90 Å². The fourth-order valence-corrected chi connectivity index (χ4v) is 4.08. The van der Waals surface area contributed by atoms with Crippen molar-refractivity contribution in [3.8, 4) is 0 Å². The second-order valence-electron chi connectivity index (χ2n) is 5.54. The van der Waals surface area contributed by atoms with Crippen LogP contribution in [-0.4, -0.2) is 56.7 Å². The first-order valence-electron chi connectivity index (χ1n) is 7.57. The molecule has 3 amide bonds. The first-order chi connectivity index (χ1) is 12.4. The normalized spacial score (nSPS) is 21.6. The number of fused-ring (bicyclic) bond motifs is 1. The quantitative estimate of drug-likeness (QED) is 0.489. The Hall–Kier alpha value is -2.52. The van der Waals surface area contributed by atoms with Crippen LogP contribution >= 0.6 is 23.4 Å². The van der Waals surface area contributed by atoms with Gasteiger partial charge in [0, 0.05) is 11.3 Å². The molecule has 2 heterocycles. The van der Waals surface area contributed by atoms with Gasteiger partial charge in [-0.15, -0.1) is 23.4 Å². The van der Waals surface area contributed by atoms with Crippen molar-refractivity contribution < 1.29 is 24.3 Å². The van der Waals surface area contributed by atoms with E-state index in [4.69, 9.17) is 11.6 Å². The molecule has 2 atom stereocenters. The number of β-lactam (4-membered cyclic amide) rings is 1. The number of halogens is 1. The summed E-state index contributed by atoms with van der Waals surface area (Å²) in [5.74, 6) is -2.95. The first kappa shape index (κ1) is 18.3. The molecule has 0 spiro atoms. The van der Waals surface area contributed by atoms with Crippen LogP contribution in [0.4, 0.5) is 0 Å². The molecular formula is C16H14ClN3O5S. The average molecular weight is 396 g/mol. The Morgan fingerprint density at radius 2 is 1.96 bits per heavy atom. The Balaban J connectivity index is 1.82. The Morgan fingerprint density at radius 1 is 1.27 bits per heavy atom. The number of carbonyl (C=O) groups excluding carboxylic acids is 3. The van der Waals surface area contributed by atoms with Crippen LogP contribution in [-0.2, 0) is 14.4 Å². The Labute approximate surface area is 157 Å². The van der Waals surface area contributed by atoms with E-state index in [1.165, 1.54) is 11.8 Å². The van der Waals surface area contributed by atoms with E-state index in [1.807, 2.05) is 0 Å². The fourth-order valence-electron chi connectivity index (χ4n) is 2.73. The van der Waals surface area contributed by atoms with Gasteiger partial charge >= 0.3 is 5.97 Å². The standard InChI is InChI=1S/C16H14ClN3O5S/c17-6-10(21)19-11-14(23)20-12(16(24)25)9(7-26-15(11)20)18-13(22)8-4-2-1-3-5-8/h1-5,11,15H,6-7H2,(H,18,22)(H,19,21)(H,24,25)/t11?,15-/m0/s1. The number of rotatable bonds is 5. The molecule has 0 saturated carbocycles. The molecule has 0 aromatic heterocycles. The highest BCUT2D eigenvalue weighted by Gasteiger charge is 2.54. The highest BCUT2D eigenvalue weighted by Crippen LogP contribution is 2.39. The summed E-state index contributed by atoms with van der Waals surface area (Å²) in [4.78, 5) is 48.8. The van der Waals surface area contributed by atoms with E-state index in [2.05, 4.69) is 10.6 Å². The van der Waals surface area contributed by atoms with Gasteiger partial charge in [-0.05, 0) is 12.1 Å². The molecule has 136 valence electrons. The molecule has 2 aliphatic heterocycles. The van der Waals surface area contributed by atoms with E-state index >= 15 is 0 Å². The van der Waals surface area contributed by atoms with Crippen LogP contribution in [0.25, 0.3) is 0 Å². The number of hydrogen-bond acceptors (Lipinski definition) is 5. The van der Waals surface area contributed by atoms with Gasteiger partial charge in [-0.2, -0.15) is 0 Å². The van der Waals surface area contributed by atoms with Gasteiger partial charge in [0.25, 0.3) is 11.8 Å². The second kappa shape index (κ2) is 7.38. The minimum absolute atomic E-state index is 0.142. The minimum Gasteiger partial charge on any atom is -0.477 e. The number of carboxylic acids is 1. The largest absolute Gasteiger partial charge is 0.477 e. The number of alkyl halides is 1. The van der Waals surface area contributed by atoms with Gasteiger partial charge in [0.1, 0.15) is 17.3 Å². The first-order valence-corrected chi connectivity index (χ1v) is 9.15. The molecule has 1 saturated heterocycles. The van der Waals surface area contributed by atoms with Crippen molar-refractivity contribution in [3.05, 3.63) is 47.3 Å². The summed E-state index contributed by atoms with van der Waals surface area (Å²) in [5, 5.41) is 14.0. The van der Waals surface area contributed by atoms with Crippen LogP contribution in [0, 0.1) is 0 Å². The lowest BCUT2D eigenvalue weighted by Crippen LogP contribution is -2.71. The summed E-state index contributed by atoms with van der Waals surface area (Å²) in [6.07, 6.45) is 0. The zero-order chi connectivity index (χ0) is 18.8. The van der Waals surface area contributed by atoms with E-state index in [1.54, 1.807) is 30.3 Å². The Kier molecular flexibility index (Phi) is 5.19. The molecule has 2 aliphatic rings. The van der Waals surface area contributed by atoms with Crippen molar-refractivity contribution in [3.63, 3.8) is 0 Å². The van der Waals surface area contributed by atoms with E-state index in [-0.39, 0.29) is 23.0 Å². The van der Waals surface area contributed by atoms with Crippen molar-refractivity contribution in [2.45, 2.75) is 11.4 Å². The number of nitrogens with one attached hydrogen (secondary N) is 2. The molecule has 3 rings (SSSR count). The predicted molar refractivity (Wildman–Crippen MR) is 94.3 cm³/mol. The van der Waals surface area contributed by atoms with Crippen LogP contribution in [0.15, 0.2) is 41.7 Å². The average Bonchev–Trinajstić information content (AvgIpc) is 2.65. The van der Waals surface area contributed by atoms with Gasteiger partial charge in [-0.1, -0.05) is 18.2 Å². The third-order valence-electron chi connectivity index (χ3n) is 3.91. The zero-order valence-electron chi connectivity index (χ0n) is 13.3. The van der Waals surface area contributed by atoms with Crippen LogP contribution in [0.5, 0.6) is 0 Å².